The van der Waals surface area contributed by atoms with Crippen LogP contribution in [0.5, 0.6) is 0 Å². The summed E-state index contributed by atoms with van der Waals surface area (Å²) in [5.41, 5.74) is 3.35. The van der Waals surface area contributed by atoms with Crippen LogP contribution in [0.25, 0.3) is 5.65 Å². The van der Waals surface area contributed by atoms with Crippen molar-refractivity contribution in [3.05, 3.63) is 35.8 Å². The van der Waals surface area contributed by atoms with Gasteiger partial charge in [-0.25, -0.2) is 4.98 Å². The van der Waals surface area contributed by atoms with E-state index in [1.807, 2.05) is 0 Å². The largest absolute Gasteiger partial charge is 0.354 e. The van der Waals surface area contributed by atoms with E-state index >= 15 is 0 Å². The number of piperidine rings is 1. The van der Waals surface area contributed by atoms with Crippen molar-refractivity contribution in [1.29, 1.82) is 0 Å². The first-order chi connectivity index (χ1) is 12.7. The van der Waals surface area contributed by atoms with Crippen LogP contribution in [0.4, 0.5) is 0 Å². The quantitative estimate of drug-likeness (QED) is 0.857. The Kier molecular flexibility index (Phi) is 5.22. The number of fused-ring (bicyclic) bond motifs is 1. The number of likely N-dealkylation sites (tertiary alicyclic amines) is 1. The zero-order chi connectivity index (χ0) is 17.9. The van der Waals surface area contributed by atoms with Crippen LogP contribution in [0.1, 0.15) is 37.1 Å². The summed E-state index contributed by atoms with van der Waals surface area (Å²) in [4.78, 5) is 19.4. The van der Waals surface area contributed by atoms with Crippen LogP contribution in [0, 0.1) is 12.8 Å². The van der Waals surface area contributed by atoms with E-state index in [-0.39, 0.29) is 11.9 Å². The molecule has 6 nitrogen and oxygen atoms in total. The van der Waals surface area contributed by atoms with Gasteiger partial charge in [0.2, 0.25) is 5.91 Å². The molecule has 2 aromatic heterocycles. The van der Waals surface area contributed by atoms with E-state index in [0.717, 1.165) is 56.9 Å². The zero-order valence-electron chi connectivity index (χ0n) is 15.6. The van der Waals surface area contributed by atoms with Crippen LogP contribution in [0.15, 0.2) is 24.4 Å². The number of carbonyl (C=O) groups excluding carboxylic acids is 1. The van der Waals surface area contributed by atoms with Crippen molar-refractivity contribution in [3.8, 4) is 0 Å². The molecule has 2 aromatic rings. The Balaban J connectivity index is 1.31. The van der Waals surface area contributed by atoms with Gasteiger partial charge in [0.1, 0.15) is 5.65 Å². The smallest absolute Gasteiger partial charge is 0.237 e. The van der Waals surface area contributed by atoms with Gasteiger partial charge < -0.3 is 15.0 Å². The third-order valence-corrected chi connectivity index (χ3v) is 5.68. The molecule has 0 saturated carbocycles. The molecule has 0 bridgehead atoms. The lowest BCUT2D eigenvalue weighted by atomic mass is 9.97. The number of carbonyl (C=O) groups is 1. The number of rotatable bonds is 5. The molecular formula is C20H29N5O. The van der Waals surface area contributed by atoms with Gasteiger partial charge in [-0.3, -0.25) is 9.69 Å². The molecular weight excluding hydrogens is 326 g/mol. The minimum Gasteiger partial charge on any atom is -0.354 e. The Morgan fingerprint density at radius 2 is 2.27 bits per heavy atom. The molecule has 2 atom stereocenters. The first-order valence-corrected chi connectivity index (χ1v) is 9.86. The molecule has 0 spiro atoms. The molecule has 2 aliphatic rings. The van der Waals surface area contributed by atoms with Gasteiger partial charge in [-0.2, -0.15) is 0 Å². The Hall–Kier alpha value is -1.92. The number of amides is 1. The molecule has 26 heavy (non-hydrogen) atoms. The third kappa shape index (κ3) is 3.91. The van der Waals surface area contributed by atoms with Crippen molar-refractivity contribution >= 4 is 11.6 Å². The molecule has 2 aliphatic heterocycles. The fraction of sp³-hybridized carbons (Fsp3) is 0.600. The highest BCUT2D eigenvalue weighted by molar-refractivity contribution is 5.81. The molecule has 2 fully saturated rings. The highest BCUT2D eigenvalue weighted by Gasteiger charge is 2.25. The van der Waals surface area contributed by atoms with Crippen molar-refractivity contribution in [1.82, 2.24) is 24.9 Å². The number of hydrogen-bond donors (Lipinski definition) is 2. The average Bonchev–Trinajstić information content (AvgIpc) is 3.30. The topological polar surface area (TPSA) is 61.7 Å². The molecule has 6 heteroatoms. The monoisotopic (exact) mass is 355 g/mol. The number of imidazole rings is 1. The first-order valence-electron chi connectivity index (χ1n) is 9.86. The normalized spacial score (nSPS) is 24.2. The first kappa shape index (κ1) is 17.5. The molecule has 2 N–H and O–H groups in total. The van der Waals surface area contributed by atoms with Crippen LogP contribution < -0.4 is 10.6 Å². The van der Waals surface area contributed by atoms with Gasteiger partial charge in [-0.1, -0.05) is 6.07 Å². The molecule has 140 valence electrons. The average molecular weight is 355 g/mol. The minimum absolute atomic E-state index is 0.0240. The van der Waals surface area contributed by atoms with E-state index in [0.29, 0.717) is 5.92 Å². The van der Waals surface area contributed by atoms with E-state index < -0.39 is 0 Å². The van der Waals surface area contributed by atoms with Gasteiger partial charge in [-0.05, 0) is 63.7 Å². The second-order valence-corrected chi connectivity index (χ2v) is 7.77. The lowest BCUT2D eigenvalue weighted by Gasteiger charge is -2.32. The fourth-order valence-electron chi connectivity index (χ4n) is 4.24. The predicted molar refractivity (Wildman–Crippen MR) is 102 cm³/mol. The summed E-state index contributed by atoms with van der Waals surface area (Å²) in [6.07, 6.45) is 6.61. The van der Waals surface area contributed by atoms with Gasteiger partial charge >= 0.3 is 0 Å². The summed E-state index contributed by atoms with van der Waals surface area (Å²) < 4.78 is 2.16. The van der Waals surface area contributed by atoms with Crippen molar-refractivity contribution in [2.45, 2.75) is 45.2 Å². The van der Waals surface area contributed by atoms with E-state index in [1.54, 1.807) is 0 Å². The van der Waals surface area contributed by atoms with Crippen molar-refractivity contribution in [2.24, 2.45) is 5.92 Å². The summed E-state index contributed by atoms with van der Waals surface area (Å²) in [6, 6.07) is 6.25. The molecule has 0 aromatic carbocycles. The summed E-state index contributed by atoms with van der Waals surface area (Å²) in [7, 11) is 0. The van der Waals surface area contributed by atoms with Crippen LogP contribution >= 0.6 is 0 Å². The molecule has 2 unspecified atom stereocenters. The van der Waals surface area contributed by atoms with Gasteiger partial charge in [0.15, 0.2) is 0 Å². The van der Waals surface area contributed by atoms with Crippen molar-refractivity contribution in [2.75, 3.05) is 26.2 Å². The molecule has 1 amide bonds. The lowest BCUT2D eigenvalue weighted by Crippen LogP contribution is -2.45. The second-order valence-electron chi connectivity index (χ2n) is 7.77. The van der Waals surface area contributed by atoms with Crippen LogP contribution in [-0.2, 0) is 11.3 Å². The molecule has 4 heterocycles. The van der Waals surface area contributed by atoms with Gasteiger partial charge in [0.05, 0.1) is 11.7 Å². The Morgan fingerprint density at radius 3 is 3.08 bits per heavy atom. The standard InChI is InChI=1S/C20H29N5O/c1-15-5-2-8-19-23-17(14-25(15)19)13-24-10-4-6-16(12-24)11-22-20(26)18-7-3-9-21-18/h2,5,8,14,16,18,21H,3-4,6-7,9-13H2,1H3,(H,22,26). The van der Waals surface area contributed by atoms with Crippen molar-refractivity contribution < 1.29 is 4.79 Å². The van der Waals surface area contributed by atoms with E-state index in [1.165, 1.54) is 18.5 Å². The number of hydrogen-bond acceptors (Lipinski definition) is 4. The Morgan fingerprint density at radius 1 is 1.35 bits per heavy atom. The van der Waals surface area contributed by atoms with E-state index in [2.05, 4.69) is 51.3 Å². The second kappa shape index (κ2) is 7.76. The minimum atomic E-state index is 0.0240. The van der Waals surface area contributed by atoms with Crippen molar-refractivity contribution in [3.63, 3.8) is 0 Å². The SMILES string of the molecule is Cc1cccc2nc(CN3CCCC(CNC(=O)C4CCCN4)C3)cn12. The van der Waals surface area contributed by atoms with Gasteiger partial charge in [0.25, 0.3) is 0 Å². The lowest BCUT2D eigenvalue weighted by molar-refractivity contribution is -0.123. The number of nitrogens with one attached hydrogen (secondary N) is 2. The van der Waals surface area contributed by atoms with Crippen LogP contribution in [0.3, 0.4) is 0 Å². The molecule has 4 rings (SSSR count). The molecule has 0 radical (unpaired) electrons. The highest BCUT2D eigenvalue weighted by Crippen LogP contribution is 2.19. The number of aromatic nitrogens is 2. The van der Waals surface area contributed by atoms with Crippen LogP contribution in [0.2, 0.25) is 0 Å². The summed E-state index contributed by atoms with van der Waals surface area (Å²) in [5, 5.41) is 6.43. The number of pyridine rings is 1. The maximum Gasteiger partial charge on any atom is 0.237 e. The van der Waals surface area contributed by atoms with Crippen LogP contribution in [-0.4, -0.2) is 52.4 Å². The zero-order valence-corrected chi connectivity index (χ0v) is 15.6. The van der Waals surface area contributed by atoms with Gasteiger partial charge in [-0.15, -0.1) is 0 Å². The fourth-order valence-corrected chi connectivity index (χ4v) is 4.24. The number of nitrogens with zero attached hydrogens (tertiary/aromatic N) is 3. The number of aryl methyl sites for hydroxylation is 1. The summed E-state index contributed by atoms with van der Waals surface area (Å²) in [6.45, 7) is 6.89. The van der Waals surface area contributed by atoms with E-state index in [9.17, 15) is 4.79 Å². The molecule has 0 aliphatic carbocycles. The maximum atomic E-state index is 12.2. The third-order valence-electron chi connectivity index (χ3n) is 5.68. The van der Waals surface area contributed by atoms with E-state index in [4.69, 9.17) is 4.98 Å². The molecule has 2 saturated heterocycles. The highest BCUT2D eigenvalue weighted by atomic mass is 16.2. The summed E-state index contributed by atoms with van der Waals surface area (Å²) in [5.74, 6) is 0.711. The maximum absolute atomic E-state index is 12.2. The van der Waals surface area contributed by atoms with Gasteiger partial charge in [0, 0.05) is 31.5 Å². The summed E-state index contributed by atoms with van der Waals surface area (Å²) >= 11 is 0. The predicted octanol–water partition coefficient (Wildman–Crippen LogP) is 1.72. The Labute approximate surface area is 155 Å². The Bertz CT molecular complexity index is 765.